The minimum atomic E-state index is -0.204. The maximum absolute atomic E-state index is 12.9. The van der Waals surface area contributed by atoms with Crippen molar-refractivity contribution in [1.29, 1.82) is 0 Å². The fraction of sp³-hybridized carbons (Fsp3) is 0.400. The highest BCUT2D eigenvalue weighted by atomic mass is 32.1. The third kappa shape index (κ3) is 3.85. The van der Waals surface area contributed by atoms with Crippen LogP contribution in [-0.2, 0) is 6.54 Å². The van der Waals surface area contributed by atoms with Gasteiger partial charge in [-0.15, -0.1) is 11.3 Å². The number of nitrogens with one attached hydrogen (secondary N) is 1. The molecular formula is C15H19FN2S. The average Bonchev–Trinajstić information content (AvgIpc) is 2.71. The molecule has 102 valence electrons. The molecule has 0 atom stereocenters. The molecule has 1 aromatic heterocycles. The van der Waals surface area contributed by atoms with E-state index in [2.05, 4.69) is 24.1 Å². The summed E-state index contributed by atoms with van der Waals surface area (Å²) in [6.45, 7) is 8.16. The van der Waals surface area contributed by atoms with Crippen molar-refractivity contribution in [2.75, 3.05) is 6.54 Å². The van der Waals surface area contributed by atoms with Crippen molar-refractivity contribution in [3.05, 3.63) is 40.8 Å². The first-order valence-corrected chi connectivity index (χ1v) is 7.31. The fourth-order valence-electron chi connectivity index (χ4n) is 1.86. The van der Waals surface area contributed by atoms with E-state index in [1.165, 1.54) is 12.1 Å². The van der Waals surface area contributed by atoms with Crippen molar-refractivity contribution >= 4 is 11.3 Å². The molecule has 0 unspecified atom stereocenters. The second-order valence-corrected chi connectivity index (χ2v) is 6.14. The molecule has 2 rings (SSSR count). The minimum absolute atomic E-state index is 0.204. The number of aromatic nitrogens is 1. The van der Waals surface area contributed by atoms with Gasteiger partial charge in [0, 0.05) is 6.54 Å². The number of nitrogens with zero attached hydrogens (tertiary/aromatic N) is 1. The Morgan fingerprint density at radius 3 is 2.58 bits per heavy atom. The Morgan fingerprint density at radius 2 is 1.95 bits per heavy atom. The molecule has 0 saturated heterocycles. The molecule has 1 N–H and O–H groups in total. The van der Waals surface area contributed by atoms with Crippen molar-refractivity contribution in [3.8, 4) is 10.4 Å². The number of hydrogen-bond acceptors (Lipinski definition) is 3. The lowest BCUT2D eigenvalue weighted by Crippen LogP contribution is -2.18. The van der Waals surface area contributed by atoms with Gasteiger partial charge in [-0.1, -0.05) is 26.0 Å². The number of benzene rings is 1. The Bertz CT molecular complexity index is 532. The summed E-state index contributed by atoms with van der Waals surface area (Å²) in [5.41, 5.74) is 2.05. The van der Waals surface area contributed by atoms with E-state index in [1.54, 1.807) is 23.5 Å². The molecule has 2 aromatic rings. The van der Waals surface area contributed by atoms with Gasteiger partial charge in [-0.3, -0.25) is 0 Å². The summed E-state index contributed by atoms with van der Waals surface area (Å²) in [4.78, 5) is 5.69. The molecule has 0 spiro atoms. The average molecular weight is 278 g/mol. The van der Waals surface area contributed by atoms with Gasteiger partial charge in [0.05, 0.1) is 10.6 Å². The van der Waals surface area contributed by atoms with Gasteiger partial charge in [-0.05, 0) is 37.1 Å². The molecule has 0 aliphatic rings. The summed E-state index contributed by atoms with van der Waals surface area (Å²) in [7, 11) is 0. The van der Waals surface area contributed by atoms with Crippen LogP contribution in [0.4, 0.5) is 4.39 Å². The molecule has 1 heterocycles. The maximum Gasteiger partial charge on any atom is 0.123 e. The van der Waals surface area contributed by atoms with Crippen LogP contribution >= 0.6 is 11.3 Å². The summed E-state index contributed by atoms with van der Waals surface area (Å²) in [5, 5.41) is 4.47. The van der Waals surface area contributed by atoms with Gasteiger partial charge in [-0.2, -0.15) is 0 Å². The quantitative estimate of drug-likeness (QED) is 0.894. The zero-order valence-corrected chi connectivity index (χ0v) is 12.4. The molecular weight excluding hydrogens is 259 g/mol. The molecule has 19 heavy (non-hydrogen) atoms. The lowest BCUT2D eigenvalue weighted by molar-refractivity contribution is 0.551. The standard InChI is InChI=1S/C15H19FN2S/c1-10(2)8-17-9-14-18-11(3)15(19-14)12-4-6-13(16)7-5-12/h4-7,10,17H,8-9H2,1-3H3. The zero-order valence-electron chi connectivity index (χ0n) is 11.5. The molecule has 0 amide bonds. The molecule has 0 aliphatic carbocycles. The summed E-state index contributed by atoms with van der Waals surface area (Å²) < 4.78 is 12.9. The highest BCUT2D eigenvalue weighted by molar-refractivity contribution is 7.15. The predicted molar refractivity (Wildman–Crippen MR) is 78.8 cm³/mol. The van der Waals surface area contributed by atoms with Crippen LogP contribution in [0.15, 0.2) is 24.3 Å². The van der Waals surface area contributed by atoms with Gasteiger partial charge in [0.2, 0.25) is 0 Å². The molecule has 1 aromatic carbocycles. The number of rotatable bonds is 5. The van der Waals surface area contributed by atoms with Gasteiger partial charge in [0.25, 0.3) is 0 Å². The van der Waals surface area contributed by atoms with Crippen molar-refractivity contribution in [2.45, 2.75) is 27.3 Å². The van der Waals surface area contributed by atoms with Crippen molar-refractivity contribution in [3.63, 3.8) is 0 Å². The van der Waals surface area contributed by atoms with Crippen LogP contribution in [0, 0.1) is 18.7 Å². The van der Waals surface area contributed by atoms with Crippen molar-refractivity contribution < 1.29 is 4.39 Å². The molecule has 4 heteroatoms. The molecule has 0 radical (unpaired) electrons. The molecule has 0 aliphatic heterocycles. The first-order chi connectivity index (χ1) is 9.06. The smallest absolute Gasteiger partial charge is 0.123 e. The highest BCUT2D eigenvalue weighted by Crippen LogP contribution is 2.30. The van der Waals surface area contributed by atoms with Crippen LogP contribution in [-0.4, -0.2) is 11.5 Å². The van der Waals surface area contributed by atoms with E-state index >= 15 is 0 Å². The number of halogens is 1. The zero-order chi connectivity index (χ0) is 13.8. The summed E-state index contributed by atoms with van der Waals surface area (Å²) >= 11 is 1.67. The number of thiazole rings is 1. The van der Waals surface area contributed by atoms with Gasteiger partial charge in [-0.25, -0.2) is 9.37 Å². The Hall–Kier alpha value is -1.26. The minimum Gasteiger partial charge on any atom is -0.310 e. The molecule has 2 nitrogen and oxygen atoms in total. The van der Waals surface area contributed by atoms with Crippen LogP contribution in [0.5, 0.6) is 0 Å². The van der Waals surface area contributed by atoms with Gasteiger partial charge >= 0.3 is 0 Å². The van der Waals surface area contributed by atoms with Crippen LogP contribution in [0.25, 0.3) is 10.4 Å². The normalized spacial score (nSPS) is 11.2. The summed E-state index contributed by atoms with van der Waals surface area (Å²) in [5.74, 6) is 0.433. The van der Waals surface area contributed by atoms with Crippen LogP contribution < -0.4 is 5.32 Å². The van der Waals surface area contributed by atoms with Crippen molar-refractivity contribution in [1.82, 2.24) is 10.3 Å². The lowest BCUT2D eigenvalue weighted by Gasteiger charge is -2.04. The fourth-order valence-corrected chi connectivity index (χ4v) is 2.90. The van der Waals surface area contributed by atoms with Crippen LogP contribution in [0.3, 0.4) is 0 Å². The second kappa shape index (κ2) is 6.26. The second-order valence-electron chi connectivity index (χ2n) is 5.05. The SMILES string of the molecule is Cc1nc(CNCC(C)C)sc1-c1ccc(F)cc1. The lowest BCUT2D eigenvalue weighted by atomic mass is 10.1. The van der Waals surface area contributed by atoms with E-state index in [0.29, 0.717) is 5.92 Å². The van der Waals surface area contributed by atoms with E-state index in [9.17, 15) is 4.39 Å². The monoisotopic (exact) mass is 278 g/mol. The predicted octanol–water partition coefficient (Wildman–Crippen LogP) is 4.00. The first-order valence-electron chi connectivity index (χ1n) is 6.49. The van der Waals surface area contributed by atoms with Gasteiger partial charge in [0.1, 0.15) is 10.8 Å². The number of aryl methyl sites for hydroxylation is 1. The van der Waals surface area contributed by atoms with Crippen LogP contribution in [0.1, 0.15) is 24.5 Å². The number of hydrogen-bond donors (Lipinski definition) is 1. The largest absolute Gasteiger partial charge is 0.310 e. The first kappa shape index (κ1) is 14.2. The third-order valence-electron chi connectivity index (χ3n) is 2.78. The third-order valence-corrected chi connectivity index (χ3v) is 3.98. The maximum atomic E-state index is 12.9. The van der Waals surface area contributed by atoms with Gasteiger partial charge < -0.3 is 5.32 Å². The Balaban J connectivity index is 2.10. The van der Waals surface area contributed by atoms with E-state index in [4.69, 9.17) is 0 Å². The molecule has 0 saturated carbocycles. The van der Waals surface area contributed by atoms with Crippen molar-refractivity contribution in [2.24, 2.45) is 5.92 Å². The van der Waals surface area contributed by atoms with Gasteiger partial charge in [0.15, 0.2) is 0 Å². The highest BCUT2D eigenvalue weighted by Gasteiger charge is 2.09. The summed E-state index contributed by atoms with van der Waals surface area (Å²) in [6.07, 6.45) is 0. The Labute approximate surface area is 117 Å². The molecule has 0 fully saturated rings. The van der Waals surface area contributed by atoms with E-state index < -0.39 is 0 Å². The summed E-state index contributed by atoms with van der Waals surface area (Å²) in [6, 6.07) is 6.60. The van der Waals surface area contributed by atoms with E-state index in [1.807, 2.05) is 6.92 Å². The van der Waals surface area contributed by atoms with Crippen LogP contribution in [0.2, 0.25) is 0 Å². The topological polar surface area (TPSA) is 24.9 Å². The Kier molecular flexibility index (Phi) is 4.66. The van der Waals surface area contributed by atoms with E-state index in [-0.39, 0.29) is 5.82 Å². The molecule has 0 bridgehead atoms. The van der Waals surface area contributed by atoms with E-state index in [0.717, 1.165) is 34.2 Å². The Morgan fingerprint density at radius 1 is 1.26 bits per heavy atom.